The molecule has 1 unspecified atom stereocenters. The van der Waals surface area contributed by atoms with Crippen LogP contribution >= 0.6 is 11.8 Å². The lowest BCUT2D eigenvalue weighted by Gasteiger charge is -2.13. The highest BCUT2D eigenvalue weighted by Crippen LogP contribution is 2.08. The van der Waals surface area contributed by atoms with Crippen LogP contribution in [0.3, 0.4) is 0 Å². The van der Waals surface area contributed by atoms with Gasteiger partial charge in [-0.1, -0.05) is 5.16 Å². The Morgan fingerprint density at radius 3 is 2.69 bits per heavy atom. The SMILES string of the molecule is Cc1cc(NC(=O)CSCC(=O)NC(C)C(=O)NCc2ccco2)no1. The van der Waals surface area contributed by atoms with Gasteiger partial charge in [-0.05, 0) is 26.0 Å². The molecule has 2 aromatic rings. The van der Waals surface area contributed by atoms with Crippen molar-refractivity contribution in [2.24, 2.45) is 0 Å². The number of nitrogens with zero attached hydrogens (tertiary/aromatic N) is 1. The van der Waals surface area contributed by atoms with Crippen molar-refractivity contribution in [2.45, 2.75) is 26.4 Å². The van der Waals surface area contributed by atoms with Gasteiger partial charge in [0.1, 0.15) is 17.6 Å². The van der Waals surface area contributed by atoms with Crippen LogP contribution < -0.4 is 16.0 Å². The third-order valence-corrected chi connectivity index (χ3v) is 4.08. The molecule has 2 heterocycles. The Morgan fingerprint density at radius 2 is 2.04 bits per heavy atom. The van der Waals surface area contributed by atoms with E-state index in [-0.39, 0.29) is 35.8 Å². The summed E-state index contributed by atoms with van der Waals surface area (Å²) in [7, 11) is 0. The Hall–Kier alpha value is -2.75. The maximum atomic E-state index is 11.9. The molecule has 0 fully saturated rings. The van der Waals surface area contributed by atoms with Crippen molar-refractivity contribution in [3.63, 3.8) is 0 Å². The van der Waals surface area contributed by atoms with Gasteiger partial charge in [0, 0.05) is 6.07 Å². The number of hydrogen-bond acceptors (Lipinski definition) is 7. The van der Waals surface area contributed by atoms with Crippen LogP contribution in [0.1, 0.15) is 18.4 Å². The van der Waals surface area contributed by atoms with Gasteiger partial charge < -0.3 is 24.9 Å². The topological polar surface area (TPSA) is 126 Å². The smallest absolute Gasteiger partial charge is 0.242 e. The molecular weight excluding hydrogens is 360 g/mol. The number of carbonyl (C=O) groups is 3. The molecule has 0 aliphatic heterocycles. The molecule has 3 N–H and O–H groups in total. The lowest BCUT2D eigenvalue weighted by molar-refractivity contribution is -0.127. The Balaban J connectivity index is 1.61. The monoisotopic (exact) mass is 380 g/mol. The molecule has 2 aromatic heterocycles. The van der Waals surface area contributed by atoms with Gasteiger partial charge in [-0.2, -0.15) is 0 Å². The summed E-state index contributed by atoms with van der Waals surface area (Å²) in [5, 5.41) is 11.4. The second-order valence-corrected chi connectivity index (χ2v) is 6.44. The summed E-state index contributed by atoms with van der Waals surface area (Å²) in [6.07, 6.45) is 1.52. The molecule has 10 heteroatoms. The van der Waals surface area contributed by atoms with E-state index in [2.05, 4.69) is 21.1 Å². The van der Waals surface area contributed by atoms with Crippen molar-refractivity contribution < 1.29 is 23.3 Å². The highest BCUT2D eigenvalue weighted by Gasteiger charge is 2.16. The molecule has 26 heavy (non-hydrogen) atoms. The average molecular weight is 380 g/mol. The first-order valence-corrected chi connectivity index (χ1v) is 9.00. The van der Waals surface area contributed by atoms with Crippen LogP contribution in [-0.2, 0) is 20.9 Å². The van der Waals surface area contributed by atoms with Gasteiger partial charge in [-0.25, -0.2) is 0 Å². The third-order valence-electron chi connectivity index (χ3n) is 3.15. The summed E-state index contributed by atoms with van der Waals surface area (Å²) in [5.41, 5.74) is 0. The largest absolute Gasteiger partial charge is 0.467 e. The fourth-order valence-corrected chi connectivity index (χ4v) is 2.56. The van der Waals surface area contributed by atoms with Gasteiger partial charge >= 0.3 is 0 Å². The molecule has 0 spiro atoms. The first-order chi connectivity index (χ1) is 12.4. The minimum absolute atomic E-state index is 0.0566. The molecule has 0 saturated heterocycles. The Bertz CT molecular complexity index is 744. The third kappa shape index (κ3) is 6.63. The Labute approximate surface area is 154 Å². The fraction of sp³-hybridized carbons (Fsp3) is 0.375. The van der Waals surface area contributed by atoms with Gasteiger partial charge in [0.15, 0.2) is 5.82 Å². The van der Waals surface area contributed by atoms with Crippen LogP contribution in [0.15, 0.2) is 33.4 Å². The van der Waals surface area contributed by atoms with Crippen LogP contribution in [0.4, 0.5) is 5.82 Å². The molecule has 3 amide bonds. The zero-order valence-corrected chi connectivity index (χ0v) is 15.2. The van der Waals surface area contributed by atoms with Crippen molar-refractivity contribution in [3.05, 3.63) is 36.0 Å². The lowest BCUT2D eigenvalue weighted by atomic mass is 10.3. The maximum absolute atomic E-state index is 11.9. The summed E-state index contributed by atoms with van der Waals surface area (Å²) in [4.78, 5) is 35.5. The number of furan rings is 1. The van der Waals surface area contributed by atoms with Crippen molar-refractivity contribution in [1.29, 1.82) is 0 Å². The van der Waals surface area contributed by atoms with E-state index in [1.165, 1.54) is 6.26 Å². The molecule has 1 atom stereocenters. The summed E-state index contributed by atoms with van der Waals surface area (Å²) >= 11 is 1.13. The second kappa shape index (κ2) is 9.66. The van der Waals surface area contributed by atoms with Crippen LogP contribution in [0.5, 0.6) is 0 Å². The highest BCUT2D eigenvalue weighted by atomic mass is 32.2. The van der Waals surface area contributed by atoms with Crippen molar-refractivity contribution in [3.8, 4) is 0 Å². The van der Waals surface area contributed by atoms with E-state index >= 15 is 0 Å². The molecule has 140 valence electrons. The minimum Gasteiger partial charge on any atom is -0.467 e. The summed E-state index contributed by atoms with van der Waals surface area (Å²) < 4.78 is 9.95. The first kappa shape index (κ1) is 19.6. The van der Waals surface area contributed by atoms with E-state index in [0.717, 1.165) is 11.8 Å². The summed E-state index contributed by atoms with van der Waals surface area (Å²) in [5.74, 6) is 0.742. The van der Waals surface area contributed by atoms with Crippen molar-refractivity contribution >= 4 is 35.3 Å². The van der Waals surface area contributed by atoms with Crippen LogP contribution in [-0.4, -0.2) is 40.4 Å². The Kier molecular flexibility index (Phi) is 7.27. The fourth-order valence-electron chi connectivity index (χ4n) is 1.93. The normalized spacial score (nSPS) is 11.6. The molecule has 2 rings (SSSR count). The number of hydrogen-bond donors (Lipinski definition) is 3. The van der Waals surface area contributed by atoms with E-state index in [1.54, 1.807) is 32.0 Å². The lowest BCUT2D eigenvalue weighted by Crippen LogP contribution is -2.45. The molecule has 0 bridgehead atoms. The van der Waals surface area contributed by atoms with E-state index in [4.69, 9.17) is 8.94 Å². The van der Waals surface area contributed by atoms with E-state index in [0.29, 0.717) is 17.3 Å². The highest BCUT2D eigenvalue weighted by molar-refractivity contribution is 8.00. The van der Waals surface area contributed by atoms with Gasteiger partial charge in [0.25, 0.3) is 0 Å². The zero-order valence-electron chi connectivity index (χ0n) is 14.4. The number of aryl methyl sites for hydroxylation is 1. The number of thioether (sulfide) groups is 1. The van der Waals surface area contributed by atoms with E-state index in [1.807, 2.05) is 0 Å². The van der Waals surface area contributed by atoms with Crippen LogP contribution in [0, 0.1) is 6.92 Å². The van der Waals surface area contributed by atoms with Crippen molar-refractivity contribution in [1.82, 2.24) is 15.8 Å². The van der Waals surface area contributed by atoms with Gasteiger partial charge in [0.2, 0.25) is 17.7 Å². The first-order valence-electron chi connectivity index (χ1n) is 7.84. The number of amides is 3. The molecule has 0 saturated carbocycles. The minimum atomic E-state index is -0.690. The van der Waals surface area contributed by atoms with Crippen molar-refractivity contribution in [2.75, 3.05) is 16.8 Å². The second-order valence-electron chi connectivity index (χ2n) is 5.45. The number of aromatic nitrogens is 1. The zero-order chi connectivity index (χ0) is 18.9. The van der Waals surface area contributed by atoms with E-state index in [9.17, 15) is 14.4 Å². The standard InChI is InChI=1S/C16H20N4O5S/c1-10-6-13(20-25-10)19-15(22)9-26-8-14(21)18-11(2)16(23)17-7-12-4-3-5-24-12/h3-6,11H,7-9H2,1-2H3,(H,17,23)(H,18,21)(H,19,20,22). The molecule has 0 aliphatic rings. The van der Waals surface area contributed by atoms with Crippen LogP contribution in [0.2, 0.25) is 0 Å². The molecular formula is C16H20N4O5S. The maximum Gasteiger partial charge on any atom is 0.242 e. The number of rotatable bonds is 9. The van der Waals surface area contributed by atoms with Crippen LogP contribution in [0.25, 0.3) is 0 Å². The summed E-state index contributed by atoms with van der Waals surface area (Å²) in [6, 6.07) is 4.37. The number of anilines is 1. The molecule has 9 nitrogen and oxygen atoms in total. The van der Waals surface area contributed by atoms with E-state index < -0.39 is 6.04 Å². The molecule has 0 aliphatic carbocycles. The molecule has 0 radical (unpaired) electrons. The Morgan fingerprint density at radius 1 is 1.27 bits per heavy atom. The summed E-state index contributed by atoms with van der Waals surface area (Å²) in [6.45, 7) is 3.55. The average Bonchev–Trinajstić information content (AvgIpc) is 3.24. The van der Waals surface area contributed by atoms with Gasteiger partial charge in [0.05, 0.1) is 24.3 Å². The predicted octanol–water partition coefficient (Wildman–Crippen LogP) is 1.07. The van der Waals surface area contributed by atoms with Gasteiger partial charge in [-0.3, -0.25) is 14.4 Å². The molecule has 0 aromatic carbocycles. The number of carbonyl (C=O) groups excluding carboxylic acids is 3. The van der Waals surface area contributed by atoms with Gasteiger partial charge in [-0.15, -0.1) is 11.8 Å². The quantitative estimate of drug-likeness (QED) is 0.594. The predicted molar refractivity (Wildman–Crippen MR) is 95.4 cm³/mol. The number of nitrogens with one attached hydrogen (secondary N) is 3.